The van der Waals surface area contributed by atoms with E-state index in [9.17, 15) is 14.0 Å². The lowest BCUT2D eigenvalue weighted by atomic mass is 9.94. The minimum absolute atomic E-state index is 0.00141. The van der Waals surface area contributed by atoms with E-state index in [2.05, 4.69) is 33.3 Å². The Morgan fingerprint density at radius 1 is 1.29 bits per heavy atom. The zero-order valence-corrected chi connectivity index (χ0v) is 19.8. The predicted octanol–water partition coefficient (Wildman–Crippen LogP) is 5.18. The Balaban J connectivity index is 1.64. The number of aromatic amines is 1. The van der Waals surface area contributed by atoms with E-state index in [4.69, 9.17) is 0 Å². The highest BCUT2D eigenvalue weighted by Gasteiger charge is 2.30. The molecular formula is C26H30FN5O2. The summed E-state index contributed by atoms with van der Waals surface area (Å²) in [6.07, 6.45) is 10.4. The molecule has 3 aromatic heterocycles. The zero-order chi connectivity index (χ0) is 24.2. The first-order valence-electron chi connectivity index (χ1n) is 11.8. The number of aromatic nitrogens is 3. The molecule has 3 aromatic rings. The van der Waals surface area contributed by atoms with Crippen LogP contribution in [0.5, 0.6) is 0 Å². The summed E-state index contributed by atoms with van der Waals surface area (Å²) in [6, 6.07) is 5.14. The van der Waals surface area contributed by atoms with Crippen molar-refractivity contribution in [2.45, 2.75) is 52.0 Å². The quantitative estimate of drug-likeness (QED) is 0.457. The fourth-order valence-electron chi connectivity index (χ4n) is 4.20. The van der Waals surface area contributed by atoms with Crippen molar-refractivity contribution in [1.82, 2.24) is 19.9 Å². The van der Waals surface area contributed by atoms with Crippen LogP contribution in [0.4, 0.5) is 10.2 Å². The van der Waals surface area contributed by atoms with Crippen molar-refractivity contribution in [2.75, 3.05) is 12.4 Å². The number of hydrogen-bond donors (Lipinski definition) is 2. The van der Waals surface area contributed by atoms with Gasteiger partial charge in [0.2, 0.25) is 5.91 Å². The van der Waals surface area contributed by atoms with Crippen LogP contribution in [-0.4, -0.2) is 44.8 Å². The molecule has 0 saturated heterocycles. The molecule has 1 unspecified atom stereocenters. The van der Waals surface area contributed by atoms with Gasteiger partial charge in [0.1, 0.15) is 11.5 Å². The van der Waals surface area contributed by atoms with Gasteiger partial charge in [0, 0.05) is 36.8 Å². The number of hydrogen-bond acceptors (Lipinski definition) is 4. The van der Waals surface area contributed by atoms with Crippen LogP contribution < -0.4 is 5.32 Å². The molecule has 8 heteroatoms. The molecule has 34 heavy (non-hydrogen) atoms. The van der Waals surface area contributed by atoms with Crippen LogP contribution in [-0.2, 0) is 4.79 Å². The van der Waals surface area contributed by atoms with Crippen LogP contribution in [0.2, 0.25) is 0 Å². The van der Waals surface area contributed by atoms with Gasteiger partial charge in [-0.2, -0.15) is 0 Å². The number of carbonyl (C=O) groups is 2. The average Bonchev–Trinajstić information content (AvgIpc) is 3.58. The van der Waals surface area contributed by atoms with E-state index in [1.54, 1.807) is 11.9 Å². The van der Waals surface area contributed by atoms with Crippen LogP contribution in [0, 0.1) is 11.7 Å². The molecule has 0 spiro atoms. The van der Waals surface area contributed by atoms with E-state index < -0.39 is 5.82 Å². The lowest BCUT2D eigenvalue weighted by Crippen LogP contribution is -2.37. The van der Waals surface area contributed by atoms with Crippen molar-refractivity contribution in [3.05, 3.63) is 59.8 Å². The average molecular weight is 464 g/mol. The molecule has 0 aliphatic heterocycles. The fourth-order valence-corrected chi connectivity index (χ4v) is 4.20. The van der Waals surface area contributed by atoms with Gasteiger partial charge in [-0.15, -0.1) is 0 Å². The minimum Gasteiger partial charge on any atom is -0.346 e. The van der Waals surface area contributed by atoms with Gasteiger partial charge in [0.15, 0.2) is 5.82 Å². The van der Waals surface area contributed by atoms with Crippen molar-refractivity contribution in [2.24, 2.45) is 5.92 Å². The van der Waals surface area contributed by atoms with E-state index in [0.717, 1.165) is 42.0 Å². The van der Waals surface area contributed by atoms with Gasteiger partial charge in [-0.25, -0.2) is 9.37 Å². The number of halogens is 1. The summed E-state index contributed by atoms with van der Waals surface area (Å²) in [5.41, 5.74) is 2.73. The van der Waals surface area contributed by atoms with Crippen LogP contribution in [0.1, 0.15) is 61.9 Å². The smallest absolute Gasteiger partial charge is 0.256 e. The number of H-pyrrole nitrogens is 1. The molecule has 1 atom stereocenters. The Kier molecular flexibility index (Phi) is 7.05. The van der Waals surface area contributed by atoms with Crippen LogP contribution >= 0.6 is 0 Å². The van der Waals surface area contributed by atoms with Gasteiger partial charge in [-0.05, 0) is 61.4 Å². The highest BCUT2D eigenvalue weighted by Crippen LogP contribution is 2.33. The molecule has 3 heterocycles. The Labute approximate surface area is 198 Å². The standard InChI is InChI=1S/C26H30FN5O2/c1-4-6-17(13-18(5-2)32(3)26(34)20-9-11-28-15-22(20)27)21-14-23(31-25(33)16-7-8-16)30-24-19(21)10-12-29-24/h6,9-12,14-16,18H,4-5,7-8,13H2,1-3H3,(H2,29,30,31,33)/b17-6+. The third kappa shape index (κ3) is 5.00. The summed E-state index contributed by atoms with van der Waals surface area (Å²) >= 11 is 0. The summed E-state index contributed by atoms with van der Waals surface area (Å²) < 4.78 is 14.2. The molecule has 0 bridgehead atoms. The van der Waals surface area contributed by atoms with Crippen molar-refractivity contribution >= 4 is 34.2 Å². The summed E-state index contributed by atoms with van der Waals surface area (Å²) in [4.78, 5) is 38.5. The van der Waals surface area contributed by atoms with Crippen LogP contribution in [0.3, 0.4) is 0 Å². The van der Waals surface area contributed by atoms with E-state index in [1.807, 2.05) is 25.3 Å². The van der Waals surface area contributed by atoms with Gasteiger partial charge < -0.3 is 15.2 Å². The van der Waals surface area contributed by atoms with E-state index in [0.29, 0.717) is 24.3 Å². The van der Waals surface area contributed by atoms with Gasteiger partial charge in [0.25, 0.3) is 5.91 Å². The highest BCUT2D eigenvalue weighted by atomic mass is 19.1. The second kappa shape index (κ2) is 10.2. The number of amides is 2. The first-order chi connectivity index (χ1) is 16.4. The molecule has 178 valence electrons. The van der Waals surface area contributed by atoms with Crippen molar-refractivity contribution in [3.8, 4) is 0 Å². The van der Waals surface area contributed by atoms with Crippen LogP contribution in [0.15, 0.2) is 42.9 Å². The number of nitrogens with zero attached hydrogens (tertiary/aromatic N) is 3. The molecule has 0 aromatic carbocycles. The molecule has 7 nitrogen and oxygen atoms in total. The molecule has 1 aliphatic rings. The summed E-state index contributed by atoms with van der Waals surface area (Å²) in [5.74, 6) is -0.408. The normalized spacial score (nSPS) is 14.8. The molecule has 1 fully saturated rings. The fraction of sp³-hybridized carbons (Fsp3) is 0.385. The molecule has 1 aliphatic carbocycles. The van der Waals surface area contributed by atoms with E-state index in [1.165, 1.54) is 12.3 Å². The van der Waals surface area contributed by atoms with Gasteiger partial charge in [-0.3, -0.25) is 14.6 Å². The first kappa shape index (κ1) is 23.6. The maximum Gasteiger partial charge on any atom is 0.256 e. The van der Waals surface area contributed by atoms with Gasteiger partial charge >= 0.3 is 0 Å². The second-order valence-corrected chi connectivity index (χ2v) is 8.73. The number of rotatable bonds is 9. The molecule has 2 N–H and O–H groups in total. The Bertz CT molecular complexity index is 1230. The predicted molar refractivity (Wildman–Crippen MR) is 131 cm³/mol. The third-order valence-electron chi connectivity index (χ3n) is 6.32. The maximum absolute atomic E-state index is 14.2. The second-order valence-electron chi connectivity index (χ2n) is 8.73. The zero-order valence-electron chi connectivity index (χ0n) is 19.8. The molecule has 1 saturated carbocycles. The first-order valence-corrected chi connectivity index (χ1v) is 11.8. The van der Waals surface area contributed by atoms with Gasteiger partial charge in [-0.1, -0.05) is 19.9 Å². The number of pyridine rings is 2. The number of anilines is 1. The largest absolute Gasteiger partial charge is 0.346 e. The Hall–Kier alpha value is -3.55. The Morgan fingerprint density at radius 3 is 2.76 bits per heavy atom. The maximum atomic E-state index is 14.2. The summed E-state index contributed by atoms with van der Waals surface area (Å²) in [7, 11) is 1.71. The molecule has 4 rings (SSSR count). The van der Waals surface area contributed by atoms with Crippen LogP contribution in [0.25, 0.3) is 16.6 Å². The number of carbonyl (C=O) groups excluding carboxylic acids is 2. The Morgan fingerprint density at radius 2 is 2.09 bits per heavy atom. The summed E-state index contributed by atoms with van der Waals surface area (Å²) in [5, 5.41) is 3.90. The number of fused-ring (bicyclic) bond motifs is 1. The van der Waals surface area contributed by atoms with Crippen molar-refractivity contribution < 1.29 is 14.0 Å². The SMILES string of the molecule is CC/C=C(\CC(CC)N(C)C(=O)c1ccncc1F)c1cc(NC(=O)C2CC2)nc2[nH]ccc12. The van der Waals surface area contributed by atoms with Gasteiger partial charge in [0.05, 0.1) is 11.8 Å². The molecule has 0 radical (unpaired) electrons. The van der Waals surface area contributed by atoms with E-state index >= 15 is 0 Å². The highest BCUT2D eigenvalue weighted by molar-refractivity contribution is 5.97. The van der Waals surface area contributed by atoms with Crippen molar-refractivity contribution in [1.29, 1.82) is 0 Å². The lowest BCUT2D eigenvalue weighted by molar-refractivity contribution is -0.117. The number of nitrogens with one attached hydrogen (secondary N) is 2. The molecule has 2 amide bonds. The number of allylic oxidation sites excluding steroid dienone is 1. The topological polar surface area (TPSA) is 91.0 Å². The monoisotopic (exact) mass is 463 g/mol. The molecular weight excluding hydrogens is 433 g/mol. The van der Waals surface area contributed by atoms with Crippen molar-refractivity contribution in [3.63, 3.8) is 0 Å². The van der Waals surface area contributed by atoms with E-state index in [-0.39, 0.29) is 29.3 Å². The summed E-state index contributed by atoms with van der Waals surface area (Å²) in [6.45, 7) is 4.08. The minimum atomic E-state index is -0.627. The third-order valence-corrected chi connectivity index (χ3v) is 6.32. The lowest BCUT2D eigenvalue weighted by Gasteiger charge is -2.29.